The molecular formula is C19H30N2O4S. The standard InChI is InChI=1S/C19H30N2O4S/c1-13-4-5-14-6-11-17(20-26(3)23)18(21(14)19(13)22)12-25-16-9-7-15(24-2)8-10-16/h4-5,15-18,20H,6-12H2,1-3H3. The van der Waals surface area contributed by atoms with Crippen LogP contribution in [0.4, 0.5) is 0 Å². The van der Waals surface area contributed by atoms with Gasteiger partial charge in [-0.25, -0.2) is 0 Å². The van der Waals surface area contributed by atoms with Gasteiger partial charge < -0.3 is 18.6 Å². The van der Waals surface area contributed by atoms with E-state index in [2.05, 4.69) is 4.72 Å². The molecule has 7 heteroatoms. The first-order chi connectivity index (χ1) is 12.5. The van der Waals surface area contributed by atoms with Crippen molar-refractivity contribution in [2.24, 2.45) is 0 Å². The average Bonchev–Trinajstić information content (AvgIpc) is 2.64. The van der Waals surface area contributed by atoms with Crippen molar-refractivity contribution in [2.45, 2.75) is 69.7 Å². The second kappa shape index (κ2) is 8.89. The van der Waals surface area contributed by atoms with Gasteiger partial charge in [0.05, 0.1) is 30.9 Å². The Labute approximate surface area is 158 Å². The van der Waals surface area contributed by atoms with E-state index < -0.39 is 11.4 Å². The van der Waals surface area contributed by atoms with Crippen LogP contribution in [0, 0.1) is 6.92 Å². The maximum Gasteiger partial charge on any atom is 0.254 e. The SMILES string of the molecule is COC1CCC(OCC2C(N[S+](C)[O-])CCc3ccc(C)c(=O)n32)CC1. The number of hydrogen-bond acceptors (Lipinski definition) is 5. The molecule has 3 atom stereocenters. The minimum Gasteiger partial charge on any atom is -0.598 e. The fraction of sp³-hybridized carbons (Fsp3) is 0.737. The Morgan fingerprint density at radius 1 is 1.23 bits per heavy atom. The molecule has 0 saturated heterocycles. The van der Waals surface area contributed by atoms with E-state index in [-0.39, 0.29) is 23.7 Å². The highest BCUT2D eigenvalue weighted by Gasteiger charge is 2.34. The predicted octanol–water partition coefficient (Wildman–Crippen LogP) is 1.87. The Balaban J connectivity index is 1.75. The second-order valence-corrected chi connectivity index (χ2v) is 8.58. The number of hydrogen-bond donors (Lipinski definition) is 1. The zero-order valence-electron chi connectivity index (χ0n) is 15.9. The van der Waals surface area contributed by atoms with Gasteiger partial charge >= 0.3 is 0 Å². The third-order valence-electron chi connectivity index (χ3n) is 5.67. The van der Waals surface area contributed by atoms with Gasteiger partial charge in [0, 0.05) is 29.7 Å². The zero-order chi connectivity index (χ0) is 18.7. The van der Waals surface area contributed by atoms with Crippen LogP contribution in [0.1, 0.15) is 49.4 Å². The van der Waals surface area contributed by atoms with Gasteiger partial charge in [-0.3, -0.25) is 4.79 Å². The molecule has 1 saturated carbocycles. The summed E-state index contributed by atoms with van der Waals surface area (Å²) in [7, 11) is 1.76. The highest BCUT2D eigenvalue weighted by Crippen LogP contribution is 2.28. The van der Waals surface area contributed by atoms with E-state index >= 15 is 0 Å². The van der Waals surface area contributed by atoms with Crippen LogP contribution in [0.25, 0.3) is 0 Å². The van der Waals surface area contributed by atoms with Crippen molar-refractivity contribution < 1.29 is 14.0 Å². The van der Waals surface area contributed by atoms with Gasteiger partial charge in [-0.15, -0.1) is 4.72 Å². The lowest BCUT2D eigenvalue weighted by Crippen LogP contribution is -2.49. The van der Waals surface area contributed by atoms with Gasteiger partial charge in [-0.2, -0.15) is 0 Å². The Hall–Kier alpha value is -0.860. The van der Waals surface area contributed by atoms with Gasteiger partial charge in [-0.05, 0) is 51.5 Å². The molecule has 0 aromatic carbocycles. The molecule has 0 amide bonds. The smallest absolute Gasteiger partial charge is 0.254 e. The first-order valence-corrected chi connectivity index (χ1v) is 11.0. The predicted molar refractivity (Wildman–Crippen MR) is 103 cm³/mol. The number of pyridine rings is 1. The van der Waals surface area contributed by atoms with Crippen molar-refractivity contribution >= 4 is 11.4 Å². The number of methoxy groups -OCH3 is 1. The van der Waals surface area contributed by atoms with Crippen LogP contribution in [-0.2, 0) is 27.3 Å². The van der Waals surface area contributed by atoms with Crippen molar-refractivity contribution in [3.8, 4) is 0 Å². The number of aryl methyl sites for hydroxylation is 2. The van der Waals surface area contributed by atoms with Crippen molar-refractivity contribution in [2.75, 3.05) is 20.0 Å². The minimum atomic E-state index is -1.12. The molecule has 2 heterocycles. The molecule has 1 aromatic rings. The molecule has 26 heavy (non-hydrogen) atoms. The quantitative estimate of drug-likeness (QED) is 0.760. The topological polar surface area (TPSA) is 75.6 Å². The first-order valence-electron chi connectivity index (χ1n) is 9.44. The fourth-order valence-electron chi connectivity index (χ4n) is 4.15. The summed E-state index contributed by atoms with van der Waals surface area (Å²) in [6, 6.07) is 3.77. The van der Waals surface area contributed by atoms with Crippen molar-refractivity contribution in [1.29, 1.82) is 0 Å². The van der Waals surface area contributed by atoms with E-state index in [1.165, 1.54) is 0 Å². The Bertz CT molecular complexity index is 655. The summed E-state index contributed by atoms with van der Waals surface area (Å²) in [5.41, 5.74) is 1.81. The maximum absolute atomic E-state index is 12.8. The van der Waals surface area contributed by atoms with Gasteiger partial charge in [0.25, 0.3) is 5.56 Å². The van der Waals surface area contributed by atoms with Crippen molar-refractivity contribution in [3.05, 3.63) is 33.7 Å². The molecule has 0 bridgehead atoms. The van der Waals surface area contributed by atoms with E-state index in [0.29, 0.717) is 12.7 Å². The molecule has 2 aliphatic rings. The van der Waals surface area contributed by atoms with E-state index in [0.717, 1.165) is 49.8 Å². The van der Waals surface area contributed by atoms with Crippen LogP contribution >= 0.6 is 0 Å². The second-order valence-electron chi connectivity index (χ2n) is 7.44. The summed E-state index contributed by atoms with van der Waals surface area (Å²) in [6.07, 6.45) is 7.85. The summed E-state index contributed by atoms with van der Waals surface area (Å²) in [6.45, 7) is 2.31. The van der Waals surface area contributed by atoms with Crippen LogP contribution in [0.3, 0.4) is 0 Å². The van der Waals surface area contributed by atoms with Crippen LogP contribution in [0.15, 0.2) is 16.9 Å². The van der Waals surface area contributed by atoms with E-state index in [9.17, 15) is 9.35 Å². The molecule has 1 N–H and O–H groups in total. The Morgan fingerprint density at radius 3 is 2.58 bits per heavy atom. The number of aromatic nitrogens is 1. The van der Waals surface area contributed by atoms with Gasteiger partial charge in [0.1, 0.15) is 6.26 Å². The number of nitrogens with zero attached hydrogens (tertiary/aromatic N) is 1. The molecule has 3 unspecified atom stereocenters. The maximum atomic E-state index is 12.8. The lowest BCUT2D eigenvalue weighted by molar-refractivity contribution is -0.0311. The third kappa shape index (κ3) is 4.51. The molecule has 1 fully saturated rings. The van der Waals surface area contributed by atoms with E-state index in [1.54, 1.807) is 13.4 Å². The van der Waals surface area contributed by atoms with Gasteiger partial charge in [0.2, 0.25) is 0 Å². The van der Waals surface area contributed by atoms with Crippen molar-refractivity contribution in [1.82, 2.24) is 9.29 Å². The summed E-state index contributed by atoms with van der Waals surface area (Å²) < 4.78 is 28.4. The highest BCUT2D eigenvalue weighted by molar-refractivity contribution is 7.88. The summed E-state index contributed by atoms with van der Waals surface area (Å²) in [5, 5.41) is 0. The molecular weight excluding hydrogens is 352 g/mol. The highest BCUT2D eigenvalue weighted by atomic mass is 32.2. The molecule has 1 aliphatic heterocycles. The Kier molecular flexibility index (Phi) is 6.80. The summed E-state index contributed by atoms with van der Waals surface area (Å²) in [5.74, 6) is 0. The molecule has 6 nitrogen and oxygen atoms in total. The number of nitrogens with one attached hydrogen (secondary N) is 1. The van der Waals surface area contributed by atoms with Crippen LogP contribution in [0.5, 0.6) is 0 Å². The van der Waals surface area contributed by atoms with E-state index in [1.807, 2.05) is 23.6 Å². The largest absolute Gasteiger partial charge is 0.598 e. The molecule has 1 aromatic heterocycles. The van der Waals surface area contributed by atoms with Gasteiger partial charge in [0.15, 0.2) is 0 Å². The molecule has 0 radical (unpaired) electrons. The zero-order valence-corrected chi connectivity index (χ0v) is 16.7. The van der Waals surface area contributed by atoms with Crippen LogP contribution < -0.4 is 10.3 Å². The summed E-state index contributed by atoms with van der Waals surface area (Å²) in [4.78, 5) is 12.8. The normalized spacial score (nSPS) is 30.0. The molecule has 3 rings (SSSR count). The fourth-order valence-corrected chi connectivity index (χ4v) is 4.85. The van der Waals surface area contributed by atoms with E-state index in [4.69, 9.17) is 9.47 Å². The number of rotatable bonds is 6. The molecule has 146 valence electrons. The lowest BCUT2D eigenvalue weighted by atomic mass is 9.94. The monoisotopic (exact) mass is 382 g/mol. The van der Waals surface area contributed by atoms with Crippen LogP contribution in [0.2, 0.25) is 0 Å². The lowest BCUT2D eigenvalue weighted by Gasteiger charge is -2.36. The molecule has 0 spiro atoms. The molecule has 1 aliphatic carbocycles. The first kappa shape index (κ1) is 19.9. The average molecular weight is 383 g/mol. The van der Waals surface area contributed by atoms with Crippen molar-refractivity contribution in [3.63, 3.8) is 0 Å². The Morgan fingerprint density at radius 2 is 1.92 bits per heavy atom. The number of fused-ring (bicyclic) bond motifs is 1. The van der Waals surface area contributed by atoms with Crippen LogP contribution in [-0.4, -0.2) is 47.3 Å². The number of ether oxygens (including phenoxy) is 2. The minimum absolute atomic E-state index is 0.0249. The van der Waals surface area contributed by atoms with Gasteiger partial charge in [-0.1, -0.05) is 6.07 Å². The third-order valence-corrected chi connectivity index (χ3v) is 6.31. The summed E-state index contributed by atoms with van der Waals surface area (Å²) >= 11 is -1.12.